The van der Waals surface area contributed by atoms with Crippen LogP contribution in [0, 0.1) is 0 Å². The summed E-state index contributed by atoms with van der Waals surface area (Å²) in [5.74, 6) is -0.938. The standard InChI is InChI=1S/C19H22N4O3S/c20-18(25)16-10-13-4-1-2-5-14(13)11-23(16)12-17(24)22-19(26)21-8-7-15-6-3-9-27-15/h1-6,9,16H,7-8,10-12H2,(H2,20,25)(H2,21,22,24,26)/t16-/m0/s1. The van der Waals surface area contributed by atoms with Gasteiger partial charge in [0.15, 0.2) is 0 Å². The fourth-order valence-corrected chi connectivity index (χ4v) is 3.88. The van der Waals surface area contributed by atoms with E-state index < -0.39 is 23.9 Å². The van der Waals surface area contributed by atoms with Crippen LogP contribution < -0.4 is 16.4 Å². The Bertz CT molecular complexity index is 822. The number of imide groups is 1. The Hall–Kier alpha value is -2.71. The van der Waals surface area contributed by atoms with E-state index in [4.69, 9.17) is 5.73 Å². The molecular weight excluding hydrogens is 364 g/mol. The van der Waals surface area contributed by atoms with Gasteiger partial charge in [0, 0.05) is 18.0 Å². The van der Waals surface area contributed by atoms with Crippen LogP contribution in [-0.2, 0) is 29.0 Å². The number of nitrogens with one attached hydrogen (secondary N) is 2. The Balaban J connectivity index is 1.51. The van der Waals surface area contributed by atoms with Crippen LogP contribution in [0.15, 0.2) is 41.8 Å². The molecule has 0 radical (unpaired) electrons. The maximum absolute atomic E-state index is 12.2. The third-order valence-corrected chi connectivity index (χ3v) is 5.45. The van der Waals surface area contributed by atoms with Gasteiger partial charge in [-0.1, -0.05) is 30.3 Å². The van der Waals surface area contributed by atoms with Gasteiger partial charge in [0.05, 0.1) is 12.6 Å². The summed E-state index contributed by atoms with van der Waals surface area (Å²) < 4.78 is 0. The molecule has 8 heteroatoms. The Labute approximate surface area is 161 Å². The number of thiophene rings is 1. The van der Waals surface area contributed by atoms with Gasteiger partial charge in [0.25, 0.3) is 0 Å². The van der Waals surface area contributed by atoms with Crippen molar-refractivity contribution in [1.29, 1.82) is 0 Å². The highest BCUT2D eigenvalue weighted by atomic mass is 32.1. The molecule has 1 aliphatic heterocycles. The number of nitrogens with zero attached hydrogens (tertiary/aromatic N) is 1. The Morgan fingerprint density at radius 1 is 1.15 bits per heavy atom. The van der Waals surface area contributed by atoms with Gasteiger partial charge < -0.3 is 11.1 Å². The van der Waals surface area contributed by atoms with Gasteiger partial charge in [0.2, 0.25) is 11.8 Å². The molecule has 1 atom stereocenters. The van der Waals surface area contributed by atoms with Crippen LogP contribution in [0.3, 0.4) is 0 Å². The molecule has 0 saturated carbocycles. The van der Waals surface area contributed by atoms with E-state index in [0.29, 0.717) is 25.9 Å². The zero-order chi connectivity index (χ0) is 19.2. The summed E-state index contributed by atoms with van der Waals surface area (Å²) in [6.45, 7) is 0.818. The molecule has 142 valence electrons. The smallest absolute Gasteiger partial charge is 0.321 e. The van der Waals surface area contributed by atoms with Gasteiger partial charge >= 0.3 is 6.03 Å². The predicted octanol–water partition coefficient (Wildman–Crippen LogP) is 1.03. The summed E-state index contributed by atoms with van der Waals surface area (Å²) in [5, 5.41) is 6.95. The molecule has 7 nitrogen and oxygen atoms in total. The summed E-state index contributed by atoms with van der Waals surface area (Å²) in [4.78, 5) is 38.8. The quantitative estimate of drug-likeness (QED) is 0.690. The Kier molecular flexibility index (Phi) is 6.20. The van der Waals surface area contributed by atoms with Gasteiger partial charge in [-0.2, -0.15) is 0 Å². The van der Waals surface area contributed by atoms with Gasteiger partial charge in [-0.25, -0.2) is 4.79 Å². The molecule has 1 aliphatic rings. The number of hydrogen-bond acceptors (Lipinski definition) is 5. The molecular formula is C19H22N4O3S. The summed E-state index contributed by atoms with van der Waals surface area (Å²) in [6.07, 6.45) is 1.18. The van der Waals surface area contributed by atoms with Crippen LogP contribution in [0.25, 0.3) is 0 Å². The molecule has 1 aromatic carbocycles. The number of fused-ring (bicyclic) bond motifs is 1. The monoisotopic (exact) mass is 386 g/mol. The molecule has 0 aliphatic carbocycles. The highest BCUT2D eigenvalue weighted by Crippen LogP contribution is 2.22. The van der Waals surface area contributed by atoms with Crippen molar-refractivity contribution < 1.29 is 14.4 Å². The van der Waals surface area contributed by atoms with Crippen LogP contribution in [-0.4, -0.2) is 41.9 Å². The summed E-state index contributed by atoms with van der Waals surface area (Å²) >= 11 is 1.62. The number of amides is 4. The van der Waals surface area contributed by atoms with Crippen molar-refractivity contribution in [2.24, 2.45) is 5.73 Å². The highest BCUT2D eigenvalue weighted by molar-refractivity contribution is 7.09. The van der Waals surface area contributed by atoms with E-state index in [0.717, 1.165) is 16.0 Å². The van der Waals surface area contributed by atoms with Crippen molar-refractivity contribution in [2.45, 2.75) is 25.4 Å². The second kappa shape index (κ2) is 8.79. The summed E-state index contributed by atoms with van der Waals surface area (Å²) in [5.41, 5.74) is 7.63. The second-order valence-electron chi connectivity index (χ2n) is 6.43. The molecule has 0 saturated heterocycles. The minimum Gasteiger partial charge on any atom is -0.368 e. The third-order valence-electron chi connectivity index (χ3n) is 4.51. The van der Waals surface area contributed by atoms with Crippen molar-refractivity contribution in [2.75, 3.05) is 13.1 Å². The third kappa shape index (κ3) is 5.15. The van der Waals surface area contributed by atoms with Crippen LogP contribution in [0.5, 0.6) is 0 Å². The lowest BCUT2D eigenvalue weighted by Gasteiger charge is -2.34. The zero-order valence-electron chi connectivity index (χ0n) is 14.8. The van der Waals surface area contributed by atoms with Crippen LogP contribution in [0.4, 0.5) is 4.79 Å². The number of carbonyl (C=O) groups excluding carboxylic acids is 3. The average Bonchev–Trinajstić information content (AvgIpc) is 3.14. The van der Waals surface area contributed by atoms with Crippen LogP contribution in [0.1, 0.15) is 16.0 Å². The van der Waals surface area contributed by atoms with Crippen molar-refractivity contribution in [1.82, 2.24) is 15.5 Å². The highest BCUT2D eigenvalue weighted by Gasteiger charge is 2.31. The van der Waals surface area contributed by atoms with E-state index in [9.17, 15) is 14.4 Å². The average molecular weight is 386 g/mol. The molecule has 1 aromatic heterocycles. The minimum absolute atomic E-state index is 0.0692. The molecule has 4 N–H and O–H groups in total. The first kappa shape index (κ1) is 19.1. The largest absolute Gasteiger partial charge is 0.368 e. The Morgan fingerprint density at radius 2 is 1.93 bits per heavy atom. The molecule has 4 amide bonds. The van der Waals surface area contributed by atoms with Crippen LogP contribution >= 0.6 is 11.3 Å². The number of carbonyl (C=O) groups is 3. The van der Waals surface area contributed by atoms with Crippen molar-refractivity contribution in [3.63, 3.8) is 0 Å². The number of primary amides is 1. The molecule has 0 unspecified atom stereocenters. The lowest BCUT2D eigenvalue weighted by molar-refractivity contribution is -0.127. The SMILES string of the molecule is NC(=O)[C@@H]1Cc2ccccc2CN1CC(=O)NC(=O)NCCc1cccs1. The maximum atomic E-state index is 12.2. The van der Waals surface area contributed by atoms with Gasteiger partial charge in [-0.05, 0) is 35.4 Å². The van der Waals surface area contributed by atoms with Crippen LogP contribution in [0.2, 0.25) is 0 Å². The number of nitrogens with two attached hydrogens (primary N) is 1. The van der Waals surface area contributed by atoms with E-state index in [1.807, 2.05) is 41.8 Å². The fourth-order valence-electron chi connectivity index (χ4n) is 3.17. The van der Waals surface area contributed by atoms with E-state index in [1.165, 1.54) is 0 Å². The van der Waals surface area contributed by atoms with Gasteiger partial charge in [0.1, 0.15) is 0 Å². The first-order valence-electron chi connectivity index (χ1n) is 8.73. The molecule has 27 heavy (non-hydrogen) atoms. The first-order chi connectivity index (χ1) is 13.0. The lowest BCUT2D eigenvalue weighted by Crippen LogP contribution is -2.53. The predicted molar refractivity (Wildman–Crippen MR) is 103 cm³/mol. The number of rotatable bonds is 6. The summed E-state index contributed by atoms with van der Waals surface area (Å²) in [7, 11) is 0. The van der Waals surface area contributed by atoms with E-state index in [2.05, 4.69) is 10.6 Å². The van der Waals surface area contributed by atoms with Crippen molar-refractivity contribution in [3.05, 3.63) is 57.8 Å². The molecule has 2 aromatic rings. The number of urea groups is 1. The normalized spacial score (nSPS) is 16.4. The van der Waals surface area contributed by atoms with Crippen molar-refractivity contribution in [3.8, 4) is 0 Å². The summed E-state index contributed by atoms with van der Waals surface area (Å²) in [6, 6.07) is 10.6. The van der Waals surface area contributed by atoms with E-state index in [-0.39, 0.29) is 6.54 Å². The molecule has 0 bridgehead atoms. The second-order valence-corrected chi connectivity index (χ2v) is 7.46. The minimum atomic E-state index is -0.562. The topological polar surface area (TPSA) is 105 Å². The van der Waals surface area contributed by atoms with E-state index >= 15 is 0 Å². The van der Waals surface area contributed by atoms with E-state index in [1.54, 1.807) is 16.2 Å². The zero-order valence-corrected chi connectivity index (χ0v) is 15.6. The Morgan fingerprint density at radius 3 is 2.63 bits per heavy atom. The first-order valence-corrected chi connectivity index (χ1v) is 9.61. The number of benzene rings is 1. The van der Waals surface area contributed by atoms with Gasteiger partial charge in [-0.3, -0.25) is 19.8 Å². The maximum Gasteiger partial charge on any atom is 0.321 e. The lowest BCUT2D eigenvalue weighted by atomic mass is 9.93. The molecule has 3 rings (SSSR count). The molecule has 0 fully saturated rings. The fraction of sp³-hybridized carbons (Fsp3) is 0.316. The van der Waals surface area contributed by atoms with Gasteiger partial charge in [-0.15, -0.1) is 11.3 Å². The van der Waals surface area contributed by atoms with Crippen molar-refractivity contribution >= 4 is 29.2 Å². The number of hydrogen-bond donors (Lipinski definition) is 3. The molecule has 0 spiro atoms. The molecule has 2 heterocycles.